The Morgan fingerprint density at radius 1 is 0.783 bits per heavy atom. The fourth-order valence-electron chi connectivity index (χ4n) is 3.75. The molecular formula is C21H17NO. The summed E-state index contributed by atoms with van der Waals surface area (Å²) < 4.78 is 6.33. The van der Waals surface area contributed by atoms with Gasteiger partial charge in [0.05, 0.1) is 5.52 Å². The van der Waals surface area contributed by atoms with Crippen LogP contribution in [0.1, 0.15) is 16.7 Å². The van der Waals surface area contributed by atoms with Crippen LogP contribution in [0.4, 0.5) is 0 Å². The molecule has 0 unspecified atom stereocenters. The lowest BCUT2D eigenvalue weighted by atomic mass is 10.0. The normalized spacial score (nSPS) is 12.1. The van der Waals surface area contributed by atoms with E-state index in [9.17, 15) is 0 Å². The van der Waals surface area contributed by atoms with Crippen LogP contribution in [0.25, 0.3) is 43.7 Å². The molecule has 0 aliphatic heterocycles. The zero-order valence-corrected chi connectivity index (χ0v) is 13.4. The highest BCUT2D eigenvalue weighted by Gasteiger charge is 2.17. The zero-order valence-electron chi connectivity index (χ0n) is 13.4. The van der Waals surface area contributed by atoms with Crippen LogP contribution < -0.4 is 0 Å². The Bertz CT molecular complexity index is 1240. The molecule has 1 N–H and O–H groups in total. The van der Waals surface area contributed by atoms with E-state index in [0.29, 0.717) is 0 Å². The maximum atomic E-state index is 6.33. The summed E-state index contributed by atoms with van der Waals surface area (Å²) in [6.07, 6.45) is 0. The van der Waals surface area contributed by atoms with Gasteiger partial charge in [0.2, 0.25) is 0 Å². The van der Waals surface area contributed by atoms with Crippen molar-refractivity contribution in [3.63, 3.8) is 0 Å². The monoisotopic (exact) mass is 299 g/mol. The Balaban J connectivity index is 2.10. The van der Waals surface area contributed by atoms with Gasteiger partial charge in [0, 0.05) is 27.1 Å². The van der Waals surface area contributed by atoms with Crippen molar-refractivity contribution in [3.05, 3.63) is 59.2 Å². The van der Waals surface area contributed by atoms with E-state index in [0.717, 1.165) is 22.2 Å². The first-order valence-corrected chi connectivity index (χ1v) is 7.97. The molecule has 0 spiro atoms. The molecule has 0 fully saturated rings. The van der Waals surface area contributed by atoms with E-state index in [1.807, 2.05) is 0 Å². The number of aromatic nitrogens is 1. The minimum Gasteiger partial charge on any atom is -0.454 e. The minimum absolute atomic E-state index is 0.963. The van der Waals surface area contributed by atoms with E-state index in [-0.39, 0.29) is 0 Å². The van der Waals surface area contributed by atoms with E-state index in [4.69, 9.17) is 4.42 Å². The molecule has 5 rings (SSSR count). The molecule has 0 atom stereocenters. The molecule has 0 aliphatic carbocycles. The van der Waals surface area contributed by atoms with E-state index >= 15 is 0 Å². The molecule has 2 aromatic heterocycles. The lowest BCUT2D eigenvalue weighted by Crippen LogP contribution is -1.80. The van der Waals surface area contributed by atoms with Gasteiger partial charge in [-0.05, 0) is 49.6 Å². The number of fused-ring (bicyclic) bond motifs is 7. The van der Waals surface area contributed by atoms with Crippen LogP contribution in [0, 0.1) is 20.8 Å². The summed E-state index contributed by atoms with van der Waals surface area (Å²) in [4.78, 5) is 3.56. The number of aromatic amines is 1. The van der Waals surface area contributed by atoms with Crippen LogP contribution in [0.3, 0.4) is 0 Å². The van der Waals surface area contributed by atoms with Crippen molar-refractivity contribution in [2.75, 3.05) is 0 Å². The molecule has 5 aromatic rings. The van der Waals surface area contributed by atoms with Crippen molar-refractivity contribution in [2.24, 2.45) is 0 Å². The summed E-state index contributed by atoms with van der Waals surface area (Å²) in [5.74, 6) is 0. The van der Waals surface area contributed by atoms with Gasteiger partial charge in [0.1, 0.15) is 5.58 Å². The van der Waals surface area contributed by atoms with Crippen LogP contribution >= 0.6 is 0 Å². The number of para-hydroxylation sites is 1. The van der Waals surface area contributed by atoms with Crippen molar-refractivity contribution in [1.82, 2.24) is 4.98 Å². The van der Waals surface area contributed by atoms with Crippen LogP contribution in [0.15, 0.2) is 46.9 Å². The topological polar surface area (TPSA) is 28.9 Å². The second-order valence-electron chi connectivity index (χ2n) is 6.48. The molecule has 2 nitrogen and oxygen atoms in total. The largest absolute Gasteiger partial charge is 0.454 e. The zero-order chi connectivity index (χ0) is 15.7. The van der Waals surface area contributed by atoms with Crippen molar-refractivity contribution < 1.29 is 4.42 Å². The third-order valence-electron chi connectivity index (χ3n) is 5.10. The number of hydrogen-bond donors (Lipinski definition) is 1. The summed E-state index contributed by atoms with van der Waals surface area (Å²) in [6.45, 7) is 6.45. The van der Waals surface area contributed by atoms with Gasteiger partial charge in [0.25, 0.3) is 0 Å². The first-order valence-electron chi connectivity index (χ1n) is 7.97. The van der Waals surface area contributed by atoms with E-state index in [1.165, 1.54) is 38.2 Å². The molecular weight excluding hydrogens is 282 g/mol. The Labute approximate surface area is 133 Å². The molecule has 0 radical (unpaired) electrons. The summed E-state index contributed by atoms with van der Waals surface area (Å²) in [7, 11) is 0. The van der Waals surface area contributed by atoms with Crippen LogP contribution in [-0.2, 0) is 0 Å². The predicted octanol–water partition coefficient (Wildman–Crippen LogP) is 6.15. The fourth-order valence-corrected chi connectivity index (χ4v) is 3.75. The second-order valence-corrected chi connectivity index (χ2v) is 6.48. The van der Waals surface area contributed by atoms with Gasteiger partial charge >= 0.3 is 0 Å². The highest BCUT2D eigenvalue weighted by Crippen LogP contribution is 2.39. The summed E-state index contributed by atoms with van der Waals surface area (Å²) in [5.41, 5.74) is 8.00. The molecule has 2 heteroatoms. The first-order chi connectivity index (χ1) is 11.1. The second kappa shape index (κ2) is 4.17. The van der Waals surface area contributed by atoms with Crippen molar-refractivity contribution in [3.8, 4) is 0 Å². The fraction of sp³-hybridized carbons (Fsp3) is 0.143. The summed E-state index contributed by atoms with van der Waals surface area (Å²) in [6, 6.07) is 15.1. The highest BCUT2D eigenvalue weighted by molar-refractivity contribution is 6.21. The quantitative estimate of drug-likeness (QED) is 0.365. The number of benzene rings is 3. The Morgan fingerprint density at radius 3 is 2.48 bits per heavy atom. The number of aryl methyl sites for hydroxylation is 3. The smallest absolute Gasteiger partial charge is 0.159 e. The molecule has 0 saturated heterocycles. The molecule has 0 bridgehead atoms. The molecule has 2 heterocycles. The van der Waals surface area contributed by atoms with Crippen molar-refractivity contribution >= 4 is 43.7 Å². The number of nitrogens with one attached hydrogen (secondary N) is 1. The lowest BCUT2D eigenvalue weighted by Gasteiger charge is -1.99. The van der Waals surface area contributed by atoms with Crippen LogP contribution in [-0.4, -0.2) is 4.98 Å². The standard InChI is InChI=1S/C21H17NO/c1-11-8-9-14-16-10-12(2)18-15-6-4-5-7-17(15)22-19(18)21(16)23-20(14)13(11)3/h4-10,22H,1-3H3. The summed E-state index contributed by atoms with van der Waals surface area (Å²) >= 11 is 0. The van der Waals surface area contributed by atoms with Gasteiger partial charge in [0.15, 0.2) is 5.58 Å². The van der Waals surface area contributed by atoms with Crippen molar-refractivity contribution in [1.29, 1.82) is 0 Å². The maximum absolute atomic E-state index is 6.33. The molecule has 3 aromatic carbocycles. The van der Waals surface area contributed by atoms with Gasteiger partial charge in [-0.15, -0.1) is 0 Å². The van der Waals surface area contributed by atoms with E-state index in [2.05, 4.69) is 68.2 Å². The van der Waals surface area contributed by atoms with Gasteiger partial charge in [-0.1, -0.05) is 30.3 Å². The Hall–Kier alpha value is -2.74. The lowest BCUT2D eigenvalue weighted by molar-refractivity contribution is 0.668. The van der Waals surface area contributed by atoms with Gasteiger partial charge < -0.3 is 9.40 Å². The predicted molar refractivity (Wildman–Crippen MR) is 97.3 cm³/mol. The molecule has 23 heavy (non-hydrogen) atoms. The molecule has 0 aliphatic rings. The Morgan fingerprint density at radius 2 is 1.61 bits per heavy atom. The number of furan rings is 1. The van der Waals surface area contributed by atoms with E-state index in [1.54, 1.807) is 0 Å². The molecule has 0 amide bonds. The average molecular weight is 299 g/mol. The number of rotatable bonds is 0. The highest BCUT2D eigenvalue weighted by atomic mass is 16.3. The van der Waals surface area contributed by atoms with Gasteiger partial charge in [-0.3, -0.25) is 0 Å². The van der Waals surface area contributed by atoms with Crippen LogP contribution in [0.2, 0.25) is 0 Å². The average Bonchev–Trinajstić information content (AvgIpc) is 3.10. The third kappa shape index (κ3) is 1.53. The SMILES string of the molecule is Cc1ccc2c(oc3c2cc(C)c2c4ccccc4[nH]c32)c1C. The van der Waals surface area contributed by atoms with Crippen LogP contribution in [0.5, 0.6) is 0 Å². The molecule has 112 valence electrons. The first kappa shape index (κ1) is 12.8. The van der Waals surface area contributed by atoms with E-state index < -0.39 is 0 Å². The van der Waals surface area contributed by atoms with Crippen molar-refractivity contribution in [2.45, 2.75) is 20.8 Å². The molecule has 0 saturated carbocycles. The third-order valence-corrected chi connectivity index (χ3v) is 5.10. The minimum atomic E-state index is 0.963. The maximum Gasteiger partial charge on any atom is 0.159 e. The van der Waals surface area contributed by atoms with Gasteiger partial charge in [-0.25, -0.2) is 0 Å². The Kier molecular flexibility index (Phi) is 2.31. The van der Waals surface area contributed by atoms with Gasteiger partial charge in [-0.2, -0.15) is 0 Å². The number of H-pyrrole nitrogens is 1. The summed E-state index contributed by atoms with van der Waals surface area (Å²) in [5, 5.41) is 4.92. The number of hydrogen-bond acceptors (Lipinski definition) is 1.